The molecule has 2 rings (SSSR count). The zero-order valence-electron chi connectivity index (χ0n) is 8.31. The lowest BCUT2D eigenvalue weighted by Gasteiger charge is -2.14. The number of carbonyl (C=O) groups is 2. The summed E-state index contributed by atoms with van der Waals surface area (Å²) in [5, 5.41) is 11.3. The third kappa shape index (κ3) is 1.88. The maximum absolute atomic E-state index is 12.7. The lowest BCUT2D eigenvalue weighted by atomic mass is 9.92. The summed E-state index contributed by atoms with van der Waals surface area (Å²) in [5.74, 6) is -2.17. The van der Waals surface area contributed by atoms with Crippen LogP contribution in [0.1, 0.15) is 17.9 Å². The Morgan fingerprint density at radius 3 is 2.56 bits per heavy atom. The van der Waals surface area contributed by atoms with E-state index < -0.39 is 17.9 Å². The molecule has 1 saturated heterocycles. The van der Waals surface area contributed by atoms with Gasteiger partial charge in [-0.25, -0.2) is 9.18 Å². The van der Waals surface area contributed by atoms with Crippen LogP contribution < -0.4 is 5.32 Å². The van der Waals surface area contributed by atoms with Crippen molar-refractivity contribution in [1.29, 1.82) is 0 Å². The second-order valence-corrected chi connectivity index (χ2v) is 3.75. The predicted octanol–water partition coefficient (Wildman–Crippen LogP) is 0.882. The highest BCUT2D eigenvalue weighted by molar-refractivity contribution is 5.89. The minimum absolute atomic E-state index is 0.128. The van der Waals surface area contributed by atoms with Crippen LogP contribution in [0, 0.1) is 5.82 Å². The van der Waals surface area contributed by atoms with Crippen molar-refractivity contribution in [3.8, 4) is 0 Å². The van der Waals surface area contributed by atoms with Crippen molar-refractivity contribution in [2.75, 3.05) is 0 Å². The zero-order chi connectivity index (χ0) is 11.7. The molecule has 4 nitrogen and oxygen atoms in total. The molecule has 0 radical (unpaired) electrons. The first-order chi connectivity index (χ1) is 7.58. The minimum Gasteiger partial charge on any atom is -0.480 e. The third-order valence-corrected chi connectivity index (χ3v) is 2.69. The molecule has 5 heteroatoms. The molecule has 0 spiro atoms. The molecule has 2 atom stereocenters. The number of hydrogen-bond donors (Lipinski definition) is 2. The SMILES string of the molecule is O=C1CC(c2ccc(F)cc2)[C@@H](C(=O)O)N1. The van der Waals surface area contributed by atoms with Gasteiger partial charge in [-0.1, -0.05) is 12.1 Å². The molecule has 0 bridgehead atoms. The maximum Gasteiger partial charge on any atom is 0.326 e. The van der Waals surface area contributed by atoms with Crippen LogP contribution in [-0.4, -0.2) is 23.0 Å². The highest BCUT2D eigenvalue weighted by Gasteiger charge is 2.38. The third-order valence-electron chi connectivity index (χ3n) is 2.69. The summed E-state index contributed by atoms with van der Waals surface area (Å²) in [6.45, 7) is 0. The molecule has 2 N–H and O–H groups in total. The minimum atomic E-state index is -1.07. The Bertz CT molecular complexity index is 429. The zero-order valence-corrected chi connectivity index (χ0v) is 8.31. The van der Waals surface area contributed by atoms with Gasteiger partial charge >= 0.3 is 5.97 Å². The Labute approximate surface area is 91.1 Å². The number of carbonyl (C=O) groups excluding carboxylic acids is 1. The smallest absolute Gasteiger partial charge is 0.326 e. The molecule has 1 unspecified atom stereocenters. The lowest BCUT2D eigenvalue weighted by Crippen LogP contribution is -2.36. The van der Waals surface area contributed by atoms with Gasteiger partial charge in [0.05, 0.1) is 0 Å². The molecule has 1 aromatic carbocycles. The van der Waals surface area contributed by atoms with Crippen molar-refractivity contribution in [2.45, 2.75) is 18.4 Å². The molecular formula is C11H10FNO3. The van der Waals surface area contributed by atoms with E-state index >= 15 is 0 Å². The molecule has 1 amide bonds. The molecule has 1 heterocycles. The van der Waals surface area contributed by atoms with Gasteiger partial charge in [0.1, 0.15) is 11.9 Å². The fourth-order valence-corrected chi connectivity index (χ4v) is 1.90. The largest absolute Gasteiger partial charge is 0.480 e. The molecule has 0 aliphatic carbocycles. The number of rotatable bonds is 2. The van der Waals surface area contributed by atoms with E-state index in [1.807, 2.05) is 0 Å². The van der Waals surface area contributed by atoms with Crippen molar-refractivity contribution in [2.24, 2.45) is 0 Å². The normalized spacial score (nSPS) is 24.2. The topological polar surface area (TPSA) is 66.4 Å². The van der Waals surface area contributed by atoms with Gasteiger partial charge in [-0.3, -0.25) is 4.79 Å². The molecule has 84 valence electrons. The average Bonchev–Trinajstić information content (AvgIpc) is 2.61. The number of carboxylic acids is 1. The van der Waals surface area contributed by atoms with E-state index in [1.54, 1.807) is 0 Å². The summed E-state index contributed by atoms with van der Waals surface area (Å²) in [6.07, 6.45) is 0.128. The number of halogens is 1. The summed E-state index contributed by atoms with van der Waals surface area (Å²) in [4.78, 5) is 22.1. The Balaban J connectivity index is 2.28. The van der Waals surface area contributed by atoms with Crippen molar-refractivity contribution in [3.05, 3.63) is 35.6 Å². The van der Waals surface area contributed by atoms with Crippen LogP contribution in [0.25, 0.3) is 0 Å². The van der Waals surface area contributed by atoms with Crippen LogP contribution in [0.15, 0.2) is 24.3 Å². The average molecular weight is 223 g/mol. The Kier molecular flexibility index (Phi) is 2.60. The van der Waals surface area contributed by atoms with Crippen molar-refractivity contribution in [3.63, 3.8) is 0 Å². The summed E-state index contributed by atoms with van der Waals surface area (Å²) >= 11 is 0. The van der Waals surface area contributed by atoms with Crippen LogP contribution in [0.3, 0.4) is 0 Å². The first-order valence-electron chi connectivity index (χ1n) is 4.85. The summed E-state index contributed by atoms with van der Waals surface area (Å²) < 4.78 is 12.7. The summed E-state index contributed by atoms with van der Waals surface area (Å²) in [5.41, 5.74) is 0.659. The number of carboxylic acid groups (broad SMARTS) is 1. The van der Waals surface area contributed by atoms with E-state index in [0.717, 1.165) is 0 Å². The van der Waals surface area contributed by atoms with Crippen LogP contribution in [0.5, 0.6) is 0 Å². The van der Waals surface area contributed by atoms with Gasteiger partial charge in [0.2, 0.25) is 5.91 Å². The summed E-state index contributed by atoms with van der Waals surface area (Å²) in [6, 6.07) is 4.62. The Hall–Kier alpha value is -1.91. The van der Waals surface area contributed by atoms with Crippen LogP contribution in [0.2, 0.25) is 0 Å². The van der Waals surface area contributed by atoms with Gasteiger partial charge in [-0.15, -0.1) is 0 Å². The number of aliphatic carboxylic acids is 1. The summed E-state index contributed by atoms with van der Waals surface area (Å²) in [7, 11) is 0. The maximum atomic E-state index is 12.7. The molecular weight excluding hydrogens is 213 g/mol. The van der Waals surface area contributed by atoms with Gasteiger partial charge in [0.25, 0.3) is 0 Å². The van der Waals surface area contributed by atoms with E-state index in [0.29, 0.717) is 5.56 Å². The monoisotopic (exact) mass is 223 g/mol. The molecule has 1 aromatic rings. The van der Waals surface area contributed by atoms with E-state index in [-0.39, 0.29) is 18.1 Å². The molecule has 1 aliphatic rings. The number of hydrogen-bond acceptors (Lipinski definition) is 2. The Morgan fingerprint density at radius 1 is 1.38 bits per heavy atom. The second-order valence-electron chi connectivity index (χ2n) is 3.75. The highest BCUT2D eigenvalue weighted by Crippen LogP contribution is 2.28. The predicted molar refractivity (Wildman–Crippen MR) is 53.3 cm³/mol. The standard InChI is InChI=1S/C11H10FNO3/c12-7-3-1-6(2-4-7)8-5-9(14)13-10(8)11(15)16/h1-4,8,10H,5H2,(H,13,14)(H,15,16)/t8?,10-/m0/s1. The molecule has 0 saturated carbocycles. The van der Waals surface area contributed by atoms with E-state index in [4.69, 9.17) is 5.11 Å². The van der Waals surface area contributed by atoms with Crippen LogP contribution >= 0.6 is 0 Å². The van der Waals surface area contributed by atoms with Gasteiger partial charge in [0.15, 0.2) is 0 Å². The fraction of sp³-hybridized carbons (Fsp3) is 0.273. The molecule has 16 heavy (non-hydrogen) atoms. The first kappa shape index (κ1) is 10.6. The highest BCUT2D eigenvalue weighted by atomic mass is 19.1. The van der Waals surface area contributed by atoms with Crippen molar-refractivity contribution < 1.29 is 19.1 Å². The van der Waals surface area contributed by atoms with Crippen molar-refractivity contribution >= 4 is 11.9 Å². The van der Waals surface area contributed by atoms with E-state index in [1.165, 1.54) is 24.3 Å². The Morgan fingerprint density at radius 2 is 2.00 bits per heavy atom. The fourth-order valence-electron chi connectivity index (χ4n) is 1.90. The molecule has 0 aromatic heterocycles. The van der Waals surface area contributed by atoms with Gasteiger partial charge in [-0.2, -0.15) is 0 Å². The quantitative estimate of drug-likeness (QED) is 0.782. The second kappa shape index (κ2) is 3.92. The number of benzene rings is 1. The number of amides is 1. The first-order valence-corrected chi connectivity index (χ1v) is 4.85. The van der Waals surface area contributed by atoms with Crippen molar-refractivity contribution in [1.82, 2.24) is 5.32 Å². The van der Waals surface area contributed by atoms with E-state index in [2.05, 4.69) is 5.32 Å². The molecule has 1 aliphatic heterocycles. The van der Waals surface area contributed by atoms with Gasteiger partial charge < -0.3 is 10.4 Å². The number of nitrogens with one attached hydrogen (secondary N) is 1. The van der Waals surface area contributed by atoms with E-state index in [9.17, 15) is 14.0 Å². The van der Waals surface area contributed by atoms with Crippen LogP contribution in [-0.2, 0) is 9.59 Å². The van der Waals surface area contributed by atoms with Gasteiger partial charge in [0, 0.05) is 12.3 Å². The lowest BCUT2D eigenvalue weighted by molar-refractivity contribution is -0.140. The van der Waals surface area contributed by atoms with Gasteiger partial charge in [-0.05, 0) is 17.7 Å². The molecule has 1 fully saturated rings. The van der Waals surface area contributed by atoms with Crippen LogP contribution in [0.4, 0.5) is 4.39 Å².